The number of benzene rings is 1. The monoisotopic (exact) mass is 288 g/mol. The van der Waals surface area contributed by atoms with Gasteiger partial charge in [0.2, 0.25) is 5.91 Å². The summed E-state index contributed by atoms with van der Waals surface area (Å²) in [5.74, 6) is -0.0553. The van der Waals surface area contributed by atoms with Crippen LogP contribution in [0.3, 0.4) is 0 Å². The van der Waals surface area contributed by atoms with Crippen molar-refractivity contribution in [3.8, 4) is 0 Å². The highest BCUT2D eigenvalue weighted by atomic mass is 16.2. The van der Waals surface area contributed by atoms with Crippen molar-refractivity contribution < 1.29 is 9.59 Å². The third kappa shape index (κ3) is 3.84. The average molecular weight is 288 g/mol. The van der Waals surface area contributed by atoms with E-state index < -0.39 is 0 Å². The quantitative estimate of drug-likeness (QED) is 0.927. The molecule has 1 atom stereocenters. The first-order chi connectivity index (χ1) is 9.99. The summed E-state index contributed by atoms with van der Waals surface area (Å²) in [5, 5.41) is 2.84. The van der Waals surface area contributed by atoms with Crippen molar-refractivity contribution in [1.82, 2.24) is 4.90 Å². The van der Waals surface area contributed by atoms with E-state index in [1.165, 1.54) is 6.42 Å². The Morgan fingerprint density at radius 3 is 2.71 bits per heavy atom. The Hall–Kier alpha value is -1.84. The summed E-state index contributed by atoms with van der Waals surface area (Å²) in [4.78, 5) is 26.3. The van der Waals surface area contributed by atoms with Crippen molar-refractivity contribution in [2.75, 3.05) is 11.9 Å². The van der Waals surface area contributed by atoms with Gasteiger partial charge < -0.3 is 10.2 Å². The van der Waals surface area contributed by atoms with Crippen molar-refractivity contribution >= 4 is 17.5 Å². The Bertz CT molecular complexity index is 525. The minimum absolute atomic E-state index is 0.0362. The summed E-state index contributed by atoms with van der Waals surface area (Å²) in [6.07, 6.45) is 3.32. The number of carbonyl (C=O) groups excluding carboxylic acids is 2. The van der Waals surface area contributed by atoms with E-state index in [9.17, 15) is 9.59 Å². The minimum atomic E-state index is -0.0773. The molecule has 1 aliphatic rings. The molecule has 0 unspecified atom stereocenters. The number of likely N-dealkylation sites (tertiary alicyclic amines) is 1. The van der Waals surface area contributed by atoms with E-state index in [1.54, 1.807) is 6.07 Å². The van der Waals surface area contributed by atoms with Gasteiger partial charge in [-0.25, -0.2) is 0 Å². The fraction of sp³-hybridized carbons (Fsp3) is 0.529. The molecule has 1 aromatic carbocycles. The largest absolute Gasteiger partial charge is 0.336 e. The van der Waals surface area contributed by atoms with Gasteiger partial charge in [0.25, 0.3) is 5.91 Å². The molecule has 4 heteroatoms. The molecule has 4 nitrogen and oxygen atoms in total. The van der Waals surface area contributed by atoms with Crippen LogP contribution in [-0.2, 0) is 4.79 Å². The van der Waals surface area contributed by atoms with Crippen molar-refractivity contribution in [3.05, 3.63) is 29.8 Å². The molecule has 2 amide bonds. The number of anilines is 1. The van der Waals surface area contributed by atoms with Gasteiger partial charge in [0.05, 0.1) is 0 Å². The summed E-state index contributed by atoms with van der Waals surface area (Å²) in [7, 11) is 0. The summed E-state index contributed by atoms with van der Waals surface area (Å²) in [6, 6.07) is 7.51. The molecule has 21 heavy (non-hydrogen) atoms. The number of rotatable bonds is 3. The lowest BCUT2D eigenvalue weighted by Gasteiger charge is -2.33. The fourth-order valence-corrected chi connectivity index (χ4v) is 2.58. The predicted molar refractivity (Wildman–Crippen MR) is 84.3 cm³/mol. The normalized spacial score (nSPS) is 18.7. The molecule has 0 spiro atoms. The van der Waals surface area contributed by atoms with Gasteiger partial charge in [-0.1, -0.05) is 19.9 Å². The number of hydrogen-bond acceptors (Lipinski definition) is 2. The molecule has 1 saturated heterocycles. The highest BCUT2D eigenvalue weighted by molar-refractivity contribution is 5.97. The Labute approximate surface area is 126 Å². The Morgan fingerprint density at radius 1 is 1.29 bits per heavy atom. The molecule has 2 rings (SSSR count). The molecular weight excluding hydrogens is 264 g/mol. The highest BCUT2D eigenvalue weighted by Crippen LogP contribution is 2.20. The molecule has 1 heterocycles. The Morgan fingerprint density at radius 2 is 2.05 bits per heavy atom. The Balaban J connectivity index is 2.13. The zero-order valence-corrected chi connectivity index (χ0v) is 13.1. The van der Waals surface area contributed by atoms with Crippen molar-refractivity contribution in [1.29, 1.82) is 0 Å². The van der Waals surface area contributed by atoms with Crippen LogP contribution in [0.1, 0.15) is 50.4 Å². The topological polar surface area (TPSA) is 49.4 Å². The van der Waals surface area contributed by atoms with Crippen molar-refractivity contribution in [3.63, 3.8) is 0 Å². The number of piperidine rings is 1. The first-order valence-electron chi connectivity index (χ1n) is 7.71. The lowest BCUT2D eigenvalue weighted by atomic mass is 10.0. The smallest absolute Gasteiger partial charge is 0.254 e. The van der Waals surface area contributed by atoms with Gasteiger partial charge in [0.1, 0.15) is 0 Å². The van der Waals surface area contributed by atoms with Gasteiger partial charge >= 0.3 is 0 Å². The third-order valence-corrected chi connectivity index (χ3v) is 3.97. The molecule has 1 fully saturated rings. The molecule has 0 aliphatic carbocycles. The van der Waals surface area contributed by atoms with Crippen LogP contribution in [-0.4, -0.2) is 29.3 Å². The van der Waals surface area contributed by atoms with Crippen LogP contribution >= 0.6 is 0 Å². The second-order valence-corrected chi connectivity index (χ2v) is 6.07. The first kappa shape index (κ1) is 15.5. The lowest BCUT2D eigenvalue weighted by Crippen LogP contribution is -2.42. The molecule has 114 valence electrons. The zero-order chi connectivity index (χ0) is 15.4. The maximum Gasteiger partial charge on any atom is 0.254 e. The molecule has 0 saturated carbocycles. The second-order valence-electron chi connectivity index (χ2n) is 6.07. The molecule has 0 aromatic heterocycles. The van der Waals surface area contributed by atoms with E-state index >= 15 is 0 Å². The number of amides is 2. The SMILES string of the molecule is CC(C)C(=O)Nc1cccc(C(=O)N2CCCC[C@@H]2C)c1. The first-order valence-corrected chi connectivity index (χ1v) is 7.71. The van der Waals surface area contributed by atoms with Crippen LogP contribution in [0.25, 0.3) is 0 Å². The summed E-state index contributed by atoms with van der Waals surface area (Å²) < 4.78 is 0. The fourth-order valence-electron chi connectivity index (χ4n) is 2.58. The minimum Gasteiger partial charge on any atom is -0.336 e. The van der Waals surface area contributed by atoms with Crippen LogP contribution in [0.4, 0.5) is 5.69 Å². The maximum atomic E-state index is 12.6. The summed E-state index contributed by atoms with van der Waals surface area (Å²) >= 11 is 0. The highest BCUT2D eigenvalue weighted by Gasteiger charge is 2.24. The molecule has 1 aromatic rings. The van der Waals surface area contributed by atoms with Gasteiger partial charge in [0.15, 0.2) is 0 Å². The van der Waals surface area contributed by atoms with E-state index in [0.29, 0.717) is 17.3 Å². The molecular formula is C17H24N2O2. The van der Waals surface area contributed by atoms with Crippen molar-refractivity contribution in [2.45, 2.75) is 46.1 Å². The third-order valence-electron chi connectivity index (χ3n) is 3.97. The maximum absolute atomic E-state index is 12.6. The molecule has 1 aliphatic heterocycles. The predicted octanol–water partition coefficient (Wildman–Crippen LogP) is 3.30. The van der Waals surface area contributed by atoms with Gasteiger partial charge in [-0.2, -0.15) is 0 Å². The van der Waals surface area contributed by atoms with Crippen LogP contribution in [0, 0.1) is 5.92 Å². The van der Waals surface area contributed by atoms with E-state index in [1.807, 2.05) is 36.9 Å². The summed E-state index contributed by atoms with van der Waals surface area (Å²) in [6.45, 7) is 6.61. The molecule has 1 N–H and O–H groups in total. The van der Waals surface area contributed by atoms with Crippen LogP contribution in [0.15, 0.2) is 24.3 Å². The van der Waals surface area contributed by atoms with Crippen molar-refractivity contribution in [2.24, 2.45) is 5.92 Å². The van der Waals surface area contributed by atoms with Gasteiger partial charge in [-0.3, -0.25) is 9.59 Å². The number of nitrogens with zero attached hydrogens (tertiary/aromatic N) is 1. The number of nitrogens with one attached hydrogen (secondary N) is 1. The number of carbonyl (C=O) groups is 2. The second kappa shape index (κ2) is 6.74. The van der Waals surface area contributed by atoms with E-state index in [2.05, 4.69) is 12.2 Å². The number of hydrogen-bond donors (Lipinski definition) is 1. The zero-order valence-electron chi connectivity index (χ0n) is 13.1. The van der Waals surface area contributed by atoms with Gasteiger partial charge in [-0.05, 0) is 44.4 Å². The van der Waals surface area contributed by atoms with E-state index in [0.717, 1.165) is 19.4 Å². The van der Waals surface area contributed by atoms with Crippen LogP contribution < -0.4 is 5.32 Å². The average Bonchev–Trinajstić information content (AvgIpc) is 2.47. The van der Waals surface area contributed by atoms with E-state index in [-0.39, 0.29) is 17.7 Å². The van der Waals surface area contributed by atoms with Gasteiger partial charge in [-0.15, -0.1) is 0 Å². The lowest BCUT2D eigenvalue weighted by molar-refractivity contribution is -0.118. The van der Waals surface area contributed by atoms with Crippen LogP contribution in [0.2, 0.25) is 0 Å². The summed E-state index contributed by atoms with van der Waals surface area (Å²) in [5.41, 5.74) is 1.33. The Kier molecular flexibility index (Phi) is 4.99. The van der Waals surface area contributed by atoms with Crippen LogP contribution in [0.5, 0.6) is 0 Å². The van der Waals surface area contributed by atoms with E-state index in [4.69, 9.17) is 0 Å². The van der Waals surface area contributed by atoms with Gasteiger partial charge in [0, 0.05) is 29.8 Å². The standard InChI is InChI=1S/C17H24N2O2/c1-12(2)16(20)18-15-9-6-8-14(11-15)17(21)19-10-5-4-7-13(19)3/h6,8-9,11-13H,4-5,7,10H2,1-3H3,(H,18,20)/t13-/m0/s1. The molecule has 0 bridgehead atoms. The molecule has 0 radical (unpaired) electrons.